The molecule has 2 aromatic carbocycles. The van der Waals surface area contributed by atoms with E-state index in [-0.39, 0.29) is 12.1 Å². The second kappa shape index (κ2) is 8.31. The average molecular weight is 414 g/mol. The molecular weight excluding hydrogens is 390 g/mol. The number of para-hydroxylation sites is 1. The molecule has 0 bridgehead atoms. The molecule has 7 nitrogen and oxygen atoms in total. The van der Waals surface area contributed by atoms with Crippen LogP contribution in [0, 0.1) is 5.41 Å². The molecule has 4 rings (SSSR count). The first-order chi connectivity index (χ1) is 14.0. The smallest absolute Gasteiger partial charge is 0.323 e. The molecule has 2 saturated heterocycles. The van der Waals surface area contributed by atoms with Crippen molar-refractivity contribution in [2.24, 2.45) is 5.73 Å². The van der Waals surface area contributed by atoms with Gasteiger partial charge in [0.25, 0.3) is 6.02 Å². The molecular formula is C21H24ClN5O2. The number of piperazine rings is 1. The summed E-state index contributed by atoms with van der Waals surface area (Å²) < 4.78 is 5.77. The Hall–Kier alpha value is -2.77. The Balaban J connectivity index is 1.46. The normalized spacial score (nSPS) is 22.6. The molecule has 0 saturated carbocycles. The van der Waals surface area contributed by atoms with Gasteiger partial charge in [-0.15, -0.1) is 0 Å². The number of urea groups is 1. The van der Waals surface area contributed by atoms with Crippen molar-refractivity contribution in [3.63, 3.8) is 0 Å². The van der Waals surface area contributed by atoms with Crippen molar-refractivity contribution in [2.45, 2.75) is 12.1 Å². The monoisotopic (exact) mass is 413 g/mol. The number of nitrogens with one attached hydrogen (secondary N) is 1. The molecule has 2 amide bonds. The number of hydrogen-bond acceptors (Lipinski definition) is 5. The number of ether oxygens (including phenoxy) is 1. The predicted octanol–water partition coefficient (Wildman–Crippen LogP) is 2.92. The second-order valence-electron chi connectivity index (χ2n) is 7.29. The first-order valence-electron chi connectivity index (χ1n) is 9.64. The number of benzene rings is 2. The fourth-order valence-electron chi connectivity index (χ4n) is 4.04. The molecule has 2 aromatic rings. The van der Waals surface area contributed by atoms with Gasteiger partial charge in [0.1, 0.15) is 12.1 Å². The lowest BCUT2D eigenvalue weighted by molar-refractivity contribution is 0.118. The molecule has 2 fully saturated rings. The summed E-state index contributed by atoms with van der Waals surface area (Å²) in [6, 6.07) is 16.3. The highest BCUT2D eigenvalue weighted by atomic mass is 35.5. The third-order valence-electron chi connectivity index (χ3n) is 5.49. The zero-order chi connectivity index (χ0) is 20.4. The van der Waals surface area contributed by atoms with Crippen molar-refractivity contribution >= 4 is 29.3 Å². The van der Waals surface area contributed by atoms with Gasteiger partial charge in [-0.1, -0.05) is 41.9 Å². The molecule has 0 aliphatic carbocycles. The number of hydrogen-bond donors (Lipinski definition) is 2. The summed E-state index contributed by atoms with van der Waals surface area (Å²) >= 11 is 6.01. The molecule has 29 heavy (non-hydrogen) atoms. The summed E-state index contributed by atoms with van der Waals surface area (Å²) in [4.78, 5) is 17.9. The number of amides is 2. The van der Waals surface area contributed by atoms with Crippen LogP contribution >= 0.6 is 11.6 Å². The Morgan fingerprint density at radius 3 is 2.34 bits per heavy atom. The number of nitrogens with two attached hydrogens (primary N) is 1. The van der Waals surface area contributed by atoms with Gasteiger partial charge >= 0.3 is 6.03 Å². The highest BCUT2D eigenvalue weighted by molar-refractivity contribution is 6.30. The van der Waals surface area contributed by atoms with Gasteiger partial charge in [0.2, 0.25) is 0 Å². The van der Waals surface area contributed by atoms with Gasteiger partial charge in [-0.2, -0.15) is 0 Å². The summed E-state index contributed by atoms with van der Waals surface area (Å²) in [5.41, 5.74) is 7.62. The first-order valence-corrected chi connectivity index (χ1v) is 10.0. The van der Waals surface area contributed by atoms with Crippen LogP contribution in [0.4, 0.5) is 10.5 Å². The SMILES string of the molecule is N=C1OC(CN2CCN(c3ccccc3)CC2)C(c2ccc(Cl)cc2)N1C(N)=O. The maximum Gasteiger partial charge on any atom is 0.323 e. The minimum atomic E-state index is -0.689. The Bertz CT molecular complexity index is 868. The van der Waals surface area contributed by atoms with Crippen molar-refractivity contribution in [3.05, 3.63) is 65.2 Å². The van der Waals surface area contributed by atoms with Crippen molar-refractivity contribution < 1.29 is 9.53 Å². The van der Waals surface area contributed by atoms with E-state index in [4.69, 9.17) is 27.5 Å². The maximum absolute atomic E-state index is 12.0. The van der Waals surface area contributed by atoms with E-state index in [1.165, 1.54) is 10.6 Å². The van der Waals surface area contributed by atoms with Gasteiger partial charge in [-0.25, -0.2) is 9.69 Å². The third kappa shape index (κ3) is 4.16. The van der Waals surface area contributed by atoms with Crippen LogP contribution in [0.15, 0.2) is 54.6 Å². The van der Waals surface area contributed by atoms with Crippen LogP contribution < -0.4 is 10.6 Å². The molecule has 8 heteroatoms. The van der Waals surface area contributed by atoms with Gasteiger partial charge < -0.3 is 15.4 Å². The van der Waals surface area contributed by atoms with Gasteiger partial charge in [-0.05, 0) is 29.8 Å². The van der Waals surface area contributed by atoms with E-state index in [2.05, 4.69) is 34.1 Å². The topological polar surface area (TPSA) is 85.9 Å². The zero-order valence-electron chi connectivity index (χ0n) is 16.0. The molecule has 0 aromatic heterocycles. The molecule has 3 N–H and O–H groups in total. The summed E-state index contributed by atoms with van der Waals surface area (Å²) in [5, 5.41) is 8.71. The summed E-state index contributed by atoms with van der Waals surface area (Å²) in [5.74, 6) is 0. The number of primary amides is 1. The highest BCUT2D eigenvalue weighted by Gasteiger charge is 2.44. The maximum atomic E-state index is 12.0. The van der Waals surface area contributed by atoms with Crippen LogP contribution in [-0.4, -0.2) is 60.7 Å². The van der Waals surface area contributed by atoms with E-state index >= 15 is 0 Å². The highest BCUT2D eigenvalue weighted by Crippen LogP contribution is 2.34. The lowest BCUT2D eigenvalue weighted by atomic mass is 10.00. The van der Waals surface area contributed by atoms with E-state index in [0.717, 1.165) is 31.7 Å². The van der Waals surface area contributed by atoms with Crippen molar-refractivity contribution in [1.82, 2.24) is 9.80 Å². The minimum absolute atomic E-state index is 0.203. The molecule has 2 atom stereocenters. The molecule has 0 spiro atoms. The second-order valence-corrected chi connectivity index (χ2v) is 7.73. The number of anilines is 1. The van der Waals surface area contributed by atoms with Crippen LogP contribution in [0.2, 0.25) is 5.02 Å². The van der Waals surface area contributed by atoms with Crippen LogP contribution in [0.3, 0.4) is 0 Å². The van der Waals surface area contributed by atoms with Crippen LogP contribution in [0.25, 0.3) is 0 Å². The van der Waals surface area contributed by atoms with Crippen LogP contribution in [0.5, 0.6) is 0 Å². The quantitative estimate of drug-likeness (QED) is 0.806. The lowest BCUT2D eigenvalue weighted by Gasteiger charge is -2.37. The molecule has 2 aliphatic rings. The Kier molecular flexibility index (Phi) is 5.60. The number of rotatable bonds is 4. The average Bonchev–Trinajstić information content (AvgIpc) is 3.05. The summed E-state index contributed by atoms with van der Waals surface area (Å²) in [6.45, 7) is 4.21. The van der Waals surface area contributed by atoms with Crippen molar-refractivity contribution in [3.8, 4) is 0 Å². The fourth-order valence-corrected chi connectivity index (χ4v) is 4.16. The van der Waals surface area contributed by atoms with E-state index in [0.29, 0.717) is 11.6 Å². The Morgan fingerprint density at radius 1 is 1.07 bits per heavy atom. The van der Waals surface area contributed by atoms with Gasteiger partial charge in [0.05, 0.1) is 0 Å². The molecule has 2 unspecified atom stereocenters. The molecule has 2 heterocycles. The minimum Gasteiger partial charge on any atom is -0.458 e. The molecule has 152 valence electrons. The van der Waals surface area contributed by atoms with Gasteiger partial charge in [0.15, 0.2) is 0 Å². The number of carbonyl (C=O) groups is 1. The summed E-state index contributed by atoms with van der Waals surface area (Å²) in [6.07, 6.45) is -0.362. The fraction of sp³-hybridized carbons (Fsp3) is 0.333. The Morgan fingerprint density at radius 2 is 1.72 bits per heavy atom. The van der Waals surface area contributed by atoms with Crippen molar-refractivity contribution in [1.29, 1.82) is 5.41 Å². The number of nitrogens with zero attached hydrogens (tertiary/aromatic N) is 3. The number of carbonyl (C=O) groups excluding carboxylic acids is 1. The third-order valence-corrected chi connectivity index (χ3v) is 5.74. The lowest BCUT2D eigenvalue weighted by Crippen LogP contribution is -2.49. The summed E-state index contributed by atoms with van der Waals surface area (Å²) in [7, 11) is 0. The van der Waals surface area contributed by atoms with Gasteiger partial charge in [0, 0.05) is 43.4 Å². The van der Waals surface area contributed by atoms with E-state index in [1.807, 2.05) is 18.2 Å². The standard InChI is InChI=1S/C21H24ClN5O2/c22-16-8-6-15(7-9-16)19-18(29-21(24)27(19)20(23)28)14-25-10-12-26(13-11-25)17-4-2-1-3-5-17/h1-9,18-19,24H,10-14H2,(H2,23,28). The molecule has 2 aliphatic heterocycles. The van der Waals surface area contributed by atoms with E-state index in [1.54, 1.807) is 12.1 Å². The largest absolute Gasteiger partial charge is 0.458 e. The first kappa shape index (κ1) is 19.5. The van der Waals surface area contributed by atoms with Crippen LogP contribution in [0.1, 0.15) is 11.6 Å². The van der Waals surface area contributed by atoms with Crippen molar-refractivity contribution in [2.75, 3.05) is 37.6 Å². The molecule has 0 radical (unpaired) electrons. The number of halogens is 1. The predicted molar refractivity (Wildman–Crippen MR) is 113 cm³/mol. The van der Waals surface area contributed by atoms with Crippen LogP contribution in [-0.2, 0) is 4.74 Å². The Labute approximate surface area is 175 Å². The number of amidine groups is 1. The zero-order valence-corrected chi connectivity index (χ0v) is 16.8. The van der Waals surface area contributed by atoms with E-state index in [9.17, 15) is 4.79 Å². The van der Waals surface area contributed by atoms with E-state index < -0.39 is 12.1 Å². The van der Waals surface area contributed by atoms with Gasteiger partial charge in [-0.3, -0.25) is 10.3 Å².